The number of para-hydroxylation sites is 2. The summed E-state index contributed by atoms with van der Waals surface area (Å²) < 4.78 is 2.07. The number of nitriles is 1. The molecule has 0 N–H and O–H groups in total. The molecular weight excluding hydrogens is 330 g/mol. The standard InChI is InChI=1S/C19H17N5S/c1-12-8-18(23(3)10-17-21-13(2)11-25-17)24-16-7-5-4-6-15(16)22-19(24)14(12)9-20/h4-8,11H,10H2,1-3H3. The van der Waals surface area contributed by atoms with E-state index in [1.807, 2.05) is 45.2 Å². The summed E-state index contributed by atoms with van der Waals surface area (Å²) in [4.78, 5) is 11.4. The van der Waals surface area contributed by atoms with E-state index in [0.29, 0.717) is 17.8 Å². The molecule has 0 saturated heterocycles. The molecule has 124 valence electrons. The minimum Gasteiger partial charge on any atom is -0.354 e. The van der Waals surface area contributed by atoms with Crippen molar-refractivity contribution in [3.63, 3.8) is 0 Å². The second kappa shape index (κ2) is 5.87. The van der Waals surface area contributed by atoms with Crippen LogP contribution in [-0.4, -0.2) is 21.4 Å². The Kier molecular flexibility index (Phi) is 3.66. The first-order valence-electron chi connectivity index (χ1n) is 8.01. The maximum atomic E-state index is 9.58. The molecule has 5 nitrogen and oxygen atoms in total. The molecule has 4 aromatic rings. The number of anilines is 1. The lowest BCUT2D eigenvalue weighted by Crippen LogP contribution is -2.19. The Morgan fingerprint density at radius 3 is 2.76 bits per heavy atom. The quantitative estimate of drug-likeness (QED) is 0.560. The van der Waals surface area contributed by atoms with E-state index in [9.17, 15) is 5.26 Å². The van der Waals surface area contributed by atoms with Crippen molar-refractivity contribution in [1.82, 2.24) is 14.4 Å². The topological polar surface area (TPSA) is 57.2 Å². The van der Waals surface area contributed by atoms with E-state index in [0.717, 1.165) is 33.1 Å². The molecule has 1 aromatic carbocycles. The van der Waals surface area contributed by atoms with Gasteiger partial charge in [-0.05, 0) is 37.6 Å². The van der Waals surface area contributed by atoms with Crippen LogP contribution in [0.1, 0.15) is 21.8 Å². The van der Waals surface area contributed by atoms with Crippen LogP contribution >= 0.6 is 11.3 Å². The molecule has 4 rings (SSSR count). The molecule has 0 bridgehead atoms. The van der Waals surface area contributed by atoms with Crippen LogP contribution < -0.4 is 4.90 Å². The van der Waals surface area contributed by atoms with Gasteiger partial charge in [0.2, 0.25) is 0 Å². The van der Waals surface area contributed by atoms with E-state index in [1.165, 1.54) is 0 Å². The lowest BCUT2D eigenvalue weighted by Gasteiger charge is -2.21. The molecule has 0 spiro atoms. The summed E-state index contributed by atoms with van der Waals surface area (Å²) in [6, 6.07) is 12.3. The molecule has 0 radical (unpaired) electrons. The SMILES string of the molecule is Cc1csc(CN(C)c2cc(C)c(C#N)c3nc4ccccc4n23)n1. The van der Waals surface area contributed by atoms with Gasteiger partial charge in [0.1, 0.15) is 16.9 Å². The van der Waals surface area contributed by atoms with E-state index in [-0.39, 0.29) is 0 Å². The van der Waals surface area contributed by atoms with Crippen LogP contribution in [0.5, 0.6) is 0 Å². The highest BCUT2D eigenvalue weighted by Crippen LogP contribution is 2.29. The average molecular weight is 347 g/mol. The van der Waals surface area contributed by atoms with Gasteiger partial charge in [0.15, 0.2) is 5.65 Å². The average Bonchev–Trinajstić information content (AvgIpc) is 3.17. The minimum atomic E-state index is 0.624. The monoisotopic (exact) mass is 347 g/mol. The van der Waals surface area contributed by atoms with Crippen molar-refractivity contribution < 1.29 is 0 Å². The molecule has 6 heteroatoms. The van der Waals surface area contributed by atoms with Gasteiger partial charge in [-0.15, -0.1) is 11.3 Å². The van der Waals surface area contributed by atoms with Crippen molar-refractivity contribution in [2.75, 3.05) is 11.9 Å². The summed E-state index contributed by atoms with van der Waals surface area (Å²) >= 11 is 1.67. The highest BCUT2D eigenvalue weighted by Gasteiger charge is 2.17. The summed E-state index contributed by atoms with van der Waals surface area (Å²) in [6.45, 7) is 4.68. The smallest absolute Gasteiger partial charge is 0.157 e. The predicted molar refractivity (Wildman–Crippen MR) is 101 cm³/mol. The number of fused-ring (bicyclic) bond motifs is 3. The van der Waals surface area contributed by atoms with Gasteiger partial charge in [-0.25, -0.2) is 9.97 Å². The van der Waals surface area contributed by atoms with E-state index < -0.39 is 0 Å². The Balaban J connectivity index is 1.95. The van der Waals surface area contributed by atoms with Crippen LogP contribution in [0.2, 0.25) is 0 Å². The van der Waals surface area contributed by atoms with Crippen LogP contribution in [0.4, 0.5) is 5.82 Å². The highest BCUT2D eigenvalue weighted by atomic mass is 32.1. The van der Waals surface area contributed by atoms with Crippen molar-refractivity contribution in [2.45, 2.75) is 20.4 Å². The van der Waals surface area contributed by atoms with Gasteiger partial charge < -0.3 is 4.90 Å². The third-order valence-corrected chi connectivity index (χ3v) is 5.25. The number of benzene rings is 1. The summed E-state index contributed by atoms with van der Waals surface area (Å²) in [5, 5.41) is 12.7. The van der Waals surface area contributed by atoms with Crippen molar-refractivity contribution >= 4 is 33.8 Å². The first-order valence-corrected chi connectivity index (χ1v) is 8.89. The number of aromatic nitrogens is 3. The molecule has 0 unspecified atom stereocenters. The highest BCUT2D eigenvalue weighted by molar-refractivity contribution is 7.09. The van der Waals surface area contributed by atoms with Crippen LogP contribution in [-0.2, 0) is 6.54 Å². The van der Waals surface area contributed by atoms with Gasteiger partial charge in [0, 0.05) is 18.1 Å². The normalized spacial score (nSPS) is 11.1. The Morgan fingerprint density at radius 1 is 1.24 bits per heavy atom. The molecule has 0 aliphatic carbocycles. The maximum Gasteiger partial charge on any atom is 0.157 e. The lowest BCUT2D eigenvalue weighted by molar-refractivity contribution is 0.873. The molecule has 0 saturated carbocycles. The fourth-order valence-corrected chi connectivity index (χ4v) is 3.93. The molecule has 0 amide bonds. The van der Waals surface area contributed by atoms with E-state index in [4.69, 9.17) is 4.98 Å². The van der Waals surface area contributed by atoms with Gasteiger partial charge >= 0.3 is 0 Å². The maximum absolute atomic E-state index is 9.58. The Labute approximate surface area is 149 Å². The molecule has 0 atom stereocenters. The number of hydrogen-bond donors (Lipinski definition) is 0. The van der Waals surface area contributed by atoms with Gasteiger partial charge in [-0.3, -0.25) is 4.40 Å². The van der Waals surface area contributed by atoms with Crippen molar-refractivity contribution in [1.29, 1.82) is 5.26 Å². The zero-order valence-corrected chi connectivity index (χ0v) is 15.1. The van der Waals surface area contributed by atoms with Crippen molar-refractivity contribution in [2.24, 2.45) is 0 Å². The van der Waals surface area contributed by atoms with Gasteiger partial charge in [0.25, 0.3) is 0 Å². The second-order valence-corrected chi connectivity index (χ2v) is 7.11. The summed E-state index contributed by atoms with van der Waals surface area (Å²) in [6.07, 6.45) is 0. The Morgan fingerprint density at radius 2 is 2.04 bits per heavy atom. The molecule has 3 aromatic heterocycles. The third kappa shape index (κ3) is 2.53. The number of thiazole rings is 1. The van der Waals surface area contributed by atoms with Gasteiger partial charge in [0.05, 0.1) is 23.1 Å². The fourth-order valence-electron chi connectivity index (χ4n) is 3.11. The number of imidazole rings is 1. The molecule has 0 aliphatic rings. The number of aryl methyl sites for hydroxylation is 2. The van der Waals surface area contributed by atoms with Crippen LogP contribution in [0, 0.1) is 25.2 Å². The molecule has 0 aliphatic heterocycles. The predicted octanol–water partition coefficient (Wildman–Crippen LogP) is 4.07. The summed E-state index contributed by atoms with van der Waals surface area (Å²) in [7, 11) is 2.05. The number of rotatable bonds is 3. The first kappa shape index (κ1) is 15.6. The largest absolute Gasteiger partial charge is 0.354 e. The summed E-state index contributed by atoms with van der Waals surface area (Å²) in [5.74, 6) is 1.01. The second-order valence-electron chi connectivity index (χ2n) is 6.17. The van der Waals surface area contributed by atoms with Gasteiger partial charge in [-0.1, -0.05) is 12.1 Å². The first-order chi connectivity index (χ1) is 12.1. The zero-order chi connectivity index (χ0) is 17.6. The molecule has 3 heterocycles. The zero-order valence-electron chi connectivity index (χ0n) is 14.3. The number of pyridine rings is 1. The van der Waals surface area contributed by atoms with E-state index in [2.05, 4.69) is 31.8 Å². The van der Waals surface area contributed by atoms with Crippen LogP contribution in [0.25, 0.3) is 16.7 Å². The van der Waals surface area contributed by atoms with E-state index in [1.54, 1.807) is 11.3 Å². The number of nitrogens with zero attached hydrogens (tertiary/aromatic N) is 5. The number of hydrogen-bond acceptors (Lipinski definition) is 5. The molecule has 25 heavy (non-hydrogen) atoms. The Bertz CT molecular complexity index is 1130. The summed E-state index contributed by atoms with van der Waals surface area (Å²) in [5.41, 5.74) is 5.21. The minimum absolute atomic E-state index is 0.624. The van der Waals surface area contributed by atoms with Crippen molar-refractivity contribution in [3.05, 3.63) is 57.5 Å². The Hall–Kier alpha value is -2.91. The van der Waals surface area contributed by atoms with Crippen molar-refractivity contribution in [3.8, 4) is 6.07 Å². The van der Waals surface area contributed by atoms with Crippen LogP contribution in [0.15, 0.2) is 35.7 Å². The third-order valence-electron chi connectivity index (χ3n) is 4.30. The van der Waals surface area contributed by atoms with E-state index >= 15 is 0 Å². The fraction of sp³-hybridized carbons (Fsp3) is 0.211. The lowest BCUT2D eigenvalue weighted by atomic mass is 10.1. The van der Waals surface area contributed by atoms with Gasteiger partial charge in [-0.2, -0.15) is 5.26 Å². The molecule has 0 fully saturated rings. The van der Waals surface area contributed by atoms with Crippen LogP contribution in [0.3, 0.4) is 0 Å². The molecular formula is C19H17N5S.